The van der Waals surface area contributed by atoms with E-state index >= 15 is 0 Å². The van der Waals surface area contributed by atoms with Crippen molar-refractivity contribution >= 4 is 16.9 Å². The number of fused-ring (bicyclic) bond motifs is 1. The van der Waals surface area contributed by atoms with Crippen LogP contribution >= 0.6 is 0 Å². The fourth-order valence-electron chi connectivity index (χ4n) is 3.02. The van der Waals surface area contributed by atoms with Crippen LogP contribution in [0.4, 0.5) is 0 Å². The third-order valence-corrected chi connectivity index (χ3v) is 4.23. The van der Waals surface area contributed by atoms with E-state index in [2.05, 4.69) is 10.2 Å². The molecule has 1 aromatic carbocycles. The van der Waals surface area contributed by atoms with E-state index in [4.69, 9.17) is 9.15 Å². The molecule has 1 saturated heterocycles. The highest BCUT2D eigenvalue weighted by molar-refractivity contribution is 5.96. The molecule has 0 aliphatic carbocycles. The fraction of sp³-hybridized carbons (Fsp3) is 0.471. The molecule has 1 atom stereocenters. The average molecular weight is 302 g/mol. The third kappa shape index (κ3) is 3.31. The lowest BCUT2D eigenvalue weighted by Crippen LogP contribution is -2.41. The zero-order valence-electron chi connectivity index (χ0n) is 12.9. The number of para-hydroxylation sites is 1. The molecule has 0 unspecified atom stereocenters. The number of carbonyl (C=O) groups excluding carboxylic acids is 1. The molecule has 1 aliphatic heterocycles. The van der Waals surface area contributed by atoms with Crippen molar-refractivity contribution in [3.8, 4) is 0 Å². The number of nitrogens with one attached hydrogen (secondary N) is 1. The van der Waals surface area contributed by atoms with Gasteiger partial charge in [0.1, 0.15) is 5.58 Å². The highest BCUT2D eigenvalue weighted by atomic mass is 16.5. The number of nitrogens with zero attached hydrogens (tertiary/aromatic N) is 1. The summed E-state index contributed by atoms with van der Waals surface area (Å²) in [5, 5.41) is 3.95. The van der Waals surface area contributed by atoms with Gasteiger partial charge in [-0.2, -0.15) is 0 Å². The summed E-state index contributed by atoms with van der Waals surface area (Å²) < 4.78 is 10.7. The van der Waals surface area contributed by atoms with Gasteiger partial charge in [-0.3, -0.25) is 9.69 Å². The third-order valence-electron chi connectivity index (χ3n) is 4.23. The Morgan fingerprint density at radius 1 is 1.45 bits per heavy atom. The number of furan rings is 1. The molecule has 22 heavy (non-hydrogen) atoms. The van der Waals surface area contributed by atoms with E-state index in [9.17, 15) is 4.79 Å². The van der Waals surface area contributed by atoms with Crippen molar-refractivity contribution in [2.75, 3.05) is 33.4 Å². The summed E-state index contributed by atoms with van der Waals surface area (Å²) in [5.74, 6) is 0.234. The Morgan fingerprint density at radius 3 is 3.14 bits per heavy atom. The van der Waals surface area contributed by atoms with E-state index < -0.39 is 0 Å². The van der Waals surface area contributed by atoms with Gasteiger partial charge in [-0.1, -0.05) is 18.2 Å². The van der Waals surface area contributed by atoms with Crippen molar-refractivity contribution in [1.82, 2.24) is 10.2 Å². The number of amides is 1. The quantitative estimate of drug-likeness (QED) is 0.889. The van der Waals surface area contributed by atoms with E-state index in [1.54, 1.807) is 13.2 Å². The maximum Gasteiger partial charge on any atom is 0.287 e. The minimum atomic E-state index is -0.144. The molecule has 0 saturated carbocycles. The Labute approximate surface area is 130 Å². The second kappa shape index (κ2) is 6.94. The SMILES string of the molecule is COCCN1CCC[C@H]1CNC(=O)c1cc2ccccc2o1. The normalized spacial score (nSPS) is 18.9. The van der Waals surface area contributed by atoms with Crippen molar-refractivity contribution < 1.29 is 13.9 Å². The van der Waals surface area contributed by atoms with Gasteiger partial charge in [0.25, 0.3) is 5.91 Å². The number of rotatable bonds is 6. The summed E-state index contributed by atoms with van der Waals surface area (Å²) in [7, 11) is 1.72. The zero-order chi connectivity index (χ0) is 15.4. The summed E-state index contributed by atoms with van der Waals surface area (Å²) in [5.41, 5.74) is 0.746. The molecule has 1 aliphatic rings. The van der Waals surface area contributed by atoms with Crippen LogP contribution in [0.25, 0.3) is 11.0 Å². The molecule has 5 nitrogen and oxygen atoms in total. The first-order valence-corrected chi connectivity index (χ1v) is 7.77. The first kappa shape index (κ1) is 15.1. The van der Waals surface area contributed by atoms with Gasteiger partial charge >= 0.3 is 0 Å². The van der Waals surface area contributed by atoms with Crippen LogP contribution in [0.15, 0.2) is 34.7 Å². The molecule has 2 heterocycles. The molecule has 0 radical (unpaired) electrons. The number of hydrogen-bond donors (Lipinski definition) is 1. The van der Waals surface area contributed by atoms with Crippen molar-refractivity contribution in [1.29, 1.82) is 0 Å². The average Bonchev–Trinajstić information content (AvgIpc) is 3.16. The number of likely N-dealkylation sites (tertiary alicyclic amines) is 1. The molecular weight excluding hydrogens is 280 g/mol. The Bertz CT molecular complexity index is 605. The monoisotopic (exact) mass is 302 g/mol. The maximum absolute atomic E-state index is 12.2. The molecule has 1 aromatic heterocycles. The Balaban J connectivity index is 1.57. The number of benzene rings is 1. The van der Waals surface area contributed by atoms with E-state index in [0.29, 0.717) is 18.3 Å². The minimum absolute atomic E-state index is 0.144. The fourth-order valence-corrected chi connectivity index (χ4v) is 3.02. The van der Waals surface area contributed by atoms with Gasteiger partial charge < -0.3 is 14.5 Å². The van der Waals surface area contributed by atoms with E-state index in [-0.39, 0.29) is 5.91 Å². The standard InChI is InChI=1S/C17H22N2O3/c1-21-10-9-19-8-4-6-14(19)12-18-17(20)16-11-13-5-2-3-7-15(13)22-16/h2-3,5,7,11,14H,4,6,8-10,12H2,1H3,(H,18,20)/t14-/m0/s1. The smallest absolute Gasteiger partial charge is 0.287 e. The van der Waals surface area contributed by atoms with Crippen LogP contribution in [-0.4, -0.2) is 50.2 Å². The summed E-state index contributed by atoms with van der Waals surface area (Å²) in [6.07, 6.45) is 2.29. The van der Waals surface area contributed by atoms with Crippen LogP contribution in [0, 0.1) is 0 Å². The van der Waals surface area contributed by atoms with Crippen LogP contribution in [0.1, 0.15) is 23.4 Å². The summed E-state index contributed by atoms with van der Waals surface area (Å²) in [6, 6.07) is 9.84. The molecule has 1 amide bonds. The van der Waals surface area contributed by atoms with Gasteiger partial charge in [-0.15, -0.1) is 0 Å². The largest absolute Gasteiger partial charge is 0.451 e. The Kier molecular flexibility index (Phi) is 4.75. The van der Waals surface area contributed by atoms with Crippen LogP contribution in [0.3, 0.4) is 0 Å². The van der Waals surface area contributed by atoms with Crippen molar-refractivity contribution in [3.63, 3.8) is 0 Å². The summed E-state index contributed by atoms with van der Waals surface area (Å²) in [6.45, 7) is 3.38. The van der Waals surface area contributed by atoms with E-state index in [1.807, 2.05) is 24.3 Å². The molecule has 1 fully saturated rings. The Hall–Kier alpha value is -1.85. The Morgan fingerprint density at radius 2 is 2.32 bits per heavy atom. The second-order valence-corrected chi connectivity index (χ2v) is 5.68. The molecule has 1 N–H and O–H groups in total. The van der Waals surface area contributed by atoms with Crippen LogP contribution in [0.5, 0.6) is 0 Å². The van der Waals surface area contributed by atoms with Gasteiger partial charge in [0.05, 0.1) is 6.61 Å². The summed E-state index contributed by atoms with van der Waals surface area (Å²) >= 11 is 0. The molecule has 118 valence electrons. The highest BCUT2D eigenvalue weighted by Crippen LogP contribution is 2.19. The molecule has 5 heteroatoms. The maximum atomic E-state index is 12.2. The minimum Gasteiger partial charge on any atom is -0.451 e. The molecule has 0 bridgehead atoms. The topological polar surface area (TPSA) is 54.7 Å². The lowest BCUT2D eigenvalue weighted by molar-refractivity contribution is 0.0907. The van der Waals surface area contributed by atoms with Gasteiger partial charge in [-0.25, -0.2) is 0 Å². The zero-order valence-corrected chi connectivity index (χ0v) is 12.9. The molecular formula is C17H22N2O3. The molecule has 3 rings (SSSR count). The van der Waals surface area contributed by atoms with Crippen LogP contribution < -0.4 is 5.32 Å². The number of ether oxygens (including phenoxy) is 1. The molecule has 2 aromatic rings. The van der Waals surface area contributed by atoms with Crippen LogP contribution in [0.2, 0.25) is 0 Å². The lowest BCUT2D eigenvalue weighted by Gasteiger charge is -2.24. The van der Waals surface area contributed by atoms with Gasteiger partial charge in [-0.05, 0) is 31.5 Å². The number of carbonyl (C=O) groups is 1. The predicted octanol–water partition coefficient (Wildman–Crippen LogP) is 2.27. The molecule has 0 spiro atoms. The first-order valence-electron chi connectivity index (χ1n) is 7.77. The van der Waals surface area contributed by atoms with Gasteiger partial charge in [0, 0.05) is 31.6 Å². The van der Waals surface area contributed by atoms with Gasteiger partial charge in [0.2, 0.25) is 0 Å². The van der Waals surface area contributed by atoms with E-state index in [0.717, 1.165) is 37.1 Å². The van der Waals surface area contributed by atoms with Crippen molar-refractivity contribution in [3.05, 3.63) is 36.1 Å². The predicted molar refractivity (Wildman–Crippen MR) is 85.0 cm³/mol. The van der Waals surface area contributed by atoms with Crippen molar-refractivity contribution in [2.45, 2.75) is 18.9 Å². The van der Waals surface area contributed by atoms with Gasteiger partial charge in [0.15, 0.2) is 5.76 Å². The first-order chi connectivity index (χ1) is 10.8. The van der Waals surface area contributed by atoms with E-state index in [1.165, 1.54) is 6.42 Å². The van der Waals surface area contributed by atoms with Crippen molar-refractivity contribution in [2.24, 2.45) is 0 Å². The second-order valence-electron chi connectivity index (χ2n) is 5.68. The number of hydrogen-bond acceptors (Lipinski definition) is 4. The summed E-state index contributed by atoms with van der Waals surface area (Å²) in [4.78, 5) is 14.6. The lowest BCUT2D eigenvalue weighted by atomic mass is 10.2. The van der Waals surface area contributed by atoms with Crippen LogP contribution in [-0.2, 0) is 4.74 Å². The highest BCUT2D eigenvalue weighted by Gasteiger charge is 2.24. The number of methoxy groups -OCH3 is 1.